The molecule has 2 aromatic carbocycles. The molecule has 0 aliphatic carbocycles. The molecule has 0 fully saturated rings. The number of aromatic hydroxyl groups is 2. The molecule has 2 aromatic rings. The molecule has 39 heavy (non-hydrogen) atoms. The van der Waals surface area contributed by atoms with Crippen LogP contribution in [0.1, 0.15) is 87.1 Å². The van der Waals surface area contributed by atoms with Gasteiger partial charge >= 0.3 is 0 Å². The number of carbonyl (C=O) groups excluding carboxylic acids is 2. The minimum absolute atomic E-state index is 0.0239. The Hall–Kier alpha value is -3.58. The molecule has 0 spiro atoms. The summed E-state index contributed by atoms with van der Waals surface area (Å²) >= 11 is 0. The Bertz CT molecular complexity index is 1140. The average Bonchev–Trinajstić information content (AvgIpc) is 2.84. The number of rotatable bonds is 10. The van der Waals surface area contributed by atoms with Gasteiger partial charge in [0, 0.05) is 24.2 Å². The number of phenols is 2. The van der Waals surface area contributed by atoms with Gasteiger partial charge in [0.15, 0.2) is 0 Å². The number of amides is 2. The number of hydrogen-bond acceptors (Lipinski definition) is 5. The summed E-state index contributed by atoms with van der Waals surface area (Å²) in [6.07, 6.45) is 0.687. The first-order valence-corrected chi connectivity index (χ1v) is 13.1. The van der Waals surface area contributed by atoms with E-state index in [1.165, 1.54) is 0 Å². The number of phenolic OH excluding ortho intramolecular Hbond substituents is 2. The van der Waals surface area contributed by atoms with Crippen LogP contribution in [0.15, 0.2) is 49.6 Å². The lowest BCUT2D eigenvalue weighted by molar-refractivity contribution is -0.118. The molecule has 0 aliphatic rings. The number of carbonyl (C=O) groups is 2. The van der Waals surface area contributed by atoms with Crippen LogP contribution in [0.2, 0.25) is 0 Å². The van der Waals surface area contributed by atoms with Crippen LogP contribution >= 0.6 is 0 Å². The first kappa shape index (κ1) is 31.6. The van der Waals surface area contributed by atoms with E-state index in [0.717, 1.165) is 34.4 Å². The molecular formula is C32H44N2O5. The quantitative estimate of drug-likeness (QED) is 0.291. The number of hydrogen-bond donors (Lipinski definition) is 4. The number of aryl methyl sites for hydroxylation is 2. The largest absolute Gasteiger partial charge is 0.507 e. The standard InChI is InChI=1S/C32H44N2O5/c1-11-27(35)33-17-25(21-13-19(3)15-23(29(21)37)31(5,6)7)39-26(18-34-28(36)12-2)22-14-20(4)16-24(30(22)38)32(8,9)10/h11-16,25-26,37-38H,1-2,17-18H2,3-10H3,(H,33,35)(H,34,36). The van der Waals surface area contributed by atoms with Crippen LogP contribution in [0.4, 0.5) is 0 Å². The highest BCUT2D eigenvalue weighted by atomic mass is 16.5. The van der Waals surface area contributed by atoms with E-state index in [1.807, 2.05) is 79.7 Å². The molecule has 0 saturated heterocycles. The summed E-state index contributed by atoms with van der Waals surface area (Å²) in [7, 11) is 0. The Kier molecular flexibility index (Phi) is 10.2. The van der Waals surface area contributed by atoms with Gasteiger partial charge in [-0.1, -0.05) is 78.0 Å². The maximum Gasteiger partial charge on any atom is 0.243 e. The molecule has 2 rings (SSSR count). The van der Waals surface area contributed by atoms with E-state index in [4.69, 9.17) is 4.74 Å². The molecule has 2 atom stereocenters. The lowest BCUT2D eigenvalue weighted by Crippen LogP contribution is -2.33. The van der Waals surface area contributed by atoms with Crippen molar-refractivity contribution in [3.8, 4) is 11.5 Å². The lowest BCUT2D eigenvalue weighted by Gasteiger charge is -2.31. The van der Waals surface area contributed by atoms with E-state index >= 15 is 0 Å². The van der Waals surface area contributed by atoms with Crippen LogP contribution in [0.5, 0.6) is 11.5 Å². The SMILES string of the molecule is C=CC(=O)NCC(OC(CNC(=O)C=C)c1cc(C)cc(C(C)(C)C)c1O)c1cc(C)cc(C(C)(C)C)c1O. The van der Waals surface area contributed by atoms with Crippen molar-refractivity contribution in [2.75, 3.05) is 13.1 Å². The Morgan fingerprint density at radius 2 is 1.10 bits per heavy atom. The molecule has 2 unspecified atom stereocenters. The molecule has 0 aromatic heterocycles. The first-order valence-electron chi connectivity index (χ1n) is 13.1. The van der Waals surface area contributed by atoms with Crippen LogP contribution in [-0.2, 0) is 25.2 Å². The van der Waals surface area contributed by atoms with Gasteiger partial charge in [0.2, 0.25) is 11.8 Å². The van der Waals surface area contributed by atoms with Crippen molar-refractivity contribution in [1.29, 1.82) is 0 Å². The Morgan fingerprint density at radius 3 is 1.38 bits per heavy atom. The average molecular weight is 537 g/mol. The molecule has 2 amide bonds. The fourth-order valence-corrected chi connectivity index (χ4v) is 4.44. The van der Waals surface area contributed by atoms with Gasteiger partial charge in [-0.3, -0.25) is 9.59 Å². The fraction of sp³-hybridized carbons (Fsp3) is 0.438. The summed E-state index contributed by atoms with van der Waals surface area (Å²) in [5.41, 5.74) is 3.60. The van der Waals surface area contributed by atoms with Crippen molar-refractivity contribution in [3.63, 3.8) is 0 Å². The topological polar surface area (TPSA) is 108 Å². The second kappa shape index (κ2) is 12.5. The van der Waals surface area contributed by atoms with Crippen LogP contribution in [0.3, 0.4) is 0 Å². The highest BCUT2D eigenvalue weighted by molar-refractivity contribution is 5.87. The molecule has 0 aliphatic heterocycles. The maximum absolute atomic E-state index is 12.1. The highest BCUT2D eigenvalue weighted by Crippen LogP contribution is 2.42. The van der Waals surface area contributed by atoms with Gasteiger partial charge in [-0.2, -0.15) is 0 Å². The van der Waals surface area contributed by atoms with Gasteiger partial charge in [0.05, 0.1) is 0 Å². The summed E-state index contributed by atoms with van der Waals surface area (Å²) in [6, 6.07) is 7.51. The number of nitrogens with one attached hydrogen (secondary N) is 2. The van der Waals surface area contributed by atoms with Crippen LogP contribution in [0.25, 0.3) is 0 Å². The zero-order chi connectivity index (χ0) is 29.7. The van der Waals surface area contributed by atoms with Crippen molar-refractivity contribution in [2.45, 2.75) is 78.4 Å². The third-order valence-corrected chi connectivity index (χ3v) is 6.50. The maximum atomic E-state index is 12.1. The van der Waals surface area contributed by atoms with E-state index in [2.05, 4.69) is 23.8 Å². The summed E-state index contributed by atoms with van der Waals surface area (Å²) in [4.78, 5) is 24.3. The van der Waals surface area contributed by atoms with Gasteiger partial charge < -0.3 is 25.6 Å². The monoisotopic (exact) mass is 536 g/mol. The van der Waals surface area contributed by atoms with Crippen molar-refractivity contribution in [2.24, 2.45) is 0 Å². The fourth-order valence-electron chi connectivity index (χ4n) is 4.44. The molecule has 7 heteroatoms. The number of ether oxygens (including phenoxy) is 1. The molecule has 0 saturated carbocycles. The van der Waals surface area contributed by atoms with Gasteiger partial charge in [-0.25, -0.2) is 0 Å². The molecule has 7 nitrogen and oxygen atoms in total. The molecular weight excluding hydrogens is 492 g/mol. The lowest BCUT2D eigenvalue weighted by atomic mass is 9.83. The third kappa shape index (κ3) is 8.20. The smallest absolute Gasteiger partial charge is 0.243 e. The summed E-state index contributed by atoms with van der Waals surface area (Å²) in [5.74, 6) is -0.638. The molecule has 0 bridgehead atoms. The van der Waals surface area contributed by atoms with Crippen molar-refractivity contribution >= 4 is 11.8 Å². The second-order valence-corrected chi connectivity index (χ2v) is 12.0. The van der Waals surface area contributed by atoms with Crippen LogP contribution < -0.4 is 10.6 Å². The van der Waals surface area contributed by atoms with Gasteiger partial charge in [0.25, 0.3) is 0 Å². The number of benzene rings is 2. The van der Waals surface area contributed by atoms with Crippen LogP contribution in [0, 0.1) is 13.8 Å². The molecule has 4 N–H and O–H groups in total. The Morgan fingerprint density at radius 1 is 0.769 bits per heavy atom. The molecule has 212 valence electrons. The van der Waals surface area contributed by atoms with E-state index in [1.54, 1.807) is 0 Å². The summed E-state index contributed by atoms with van der Waals surface area (Å²) in [5, 5.41) is 28.3. The third-order valence-electron chi connectivity index (χ3n) is 6.50. The molecule has 0 heterocycles. The van der Waals surface area contributed by atoms with E-state index in [9.17, 15) is 19.8 Å². The normalized spacial score (nSPS) is 13.3. The van der Waals surface area contributed by atoms with Gasteiger partial charge in [0.1, 0.15) is 23.7 Å². The predicted molar refractivity (Wildman–Crippen MR) is 156 cm³/mol. The minimum atomic E-state index is -0.821. The van der Waals surface area contributed by atoms with E-state index in [0.29, 0.717) is 11.1 Å². The van der Waals surface area contributed by atoms with Gasteiger partial charge in [-0.05, 0) is 60.1 Å². The van der Waals surface area contributed by atoms with Crippen LogP contribution in [-0.4, -0.2) is 35.1 Å². The summed E-state index contributed by atoms with van der Waals surface area (Å²) in [6.45, 7) is 23.0. The first-order chi connectivity index (χ1) is 18.0. The van der Waals surface area contributed by atoms with E-state index in [-0.39, 0.29) is 35.4 Å². The van der Waals surface area contributed by atoms with Gasteiger partial charge in [-0.15, -0.1) is 0 Å². The zero-order valence-corrected chi connectivity index (χ0v) is 24.6. The zero-order valence-electron chi connectivity index (χ0n) is 24.6. The Labute approximate surface area is 233 Å². The molecule has 0 radical (unpaired) electrons. The second-order valence-electron chi connectivity index (χ2n) is 12.0. The van der Waals surface area contributed by atoms with E-state index < -0.39 is 24.0 Å². The summed E-state index contributed by atoms with van der Waals surface area (Å²) < 4.78 is 6.60. The van der Waals surface area contributed by atoms with Crippen molar-refractivity contribution in [1.82, 2.24) is 10.6 Å². The Balaban J connectivity index is 2.72. The minimum Gasteiger partial charge on any atom is -0.507 e. The van der Waals surface area contributed by atoms with Crippen molar-refractivity contribution in [3.05, 3.63) is 83.0 Å². The van der Waals surface area contributed by atoms with Crippen molar-refractivity contribution < 1.29 is 24.5 Å². The highest BCUT2D eigenvalue weighted by Gasteiger charge is 2.30. The predicted octanol–water partition coefficient (Wildman–Crippen LogP) is 5.71.